The minimum absolute atomic E-state index is 0.148. The molecule has 0 N–H and O–H groups in total. The van der Waals surface area contributed by atoms with Crippen LogP contribution in [0.5, 0.6) is 0 Å². The third kappa shape index (κ3) is 2.91. The van der Waals surface area contributed by atoms with Gasteiger partial charge in [-0.15, -0.1) is 11.6 Å². The molecule has 3 rings (SSSR count). The Morgan fingerprint density at radius 2 is 2.14 bits per heavy atom. The summed E-state index contributed by atoms with van der Waals surface area (Å²) < 4.78 is 0. The minimum Gasteiger partial charge on any atom is -0.299 e. The van der Waals surface area contributed by atoms with Crippen LogP contribution in [-0.4, -0.2) is 34.2 Å². The highest BCUT2D eigenvalue weighted by Gasteiger charge is 2.57. The van der Waals surface area contributed by atoms with E-state index in [1.165, 1.54) is 51.4 Å². The zero-order chi connectivity index (χ0) is 14.9. The Morgan fingerprint density at radius 1 is 1.29 bits per heavy atom. The first-order valence-corrected chi connectivity index (χ1v) is 9.54. The van der Waals surface area contributed by atoms with Crippen LogP contribution in [0.25, 0.3) is 0 Å². The maximum absolute atomic E-state index is 12.7. The number of rotatable bonds is 5. The van der Waals surface area contributed by atoms with Gasteiger partial charge >= 0.3 is 0 Å². The number of hydrogen-bond donors (Lipinski definition) is 0. The number of halogens is 1. The van der Waals surface area contributed by atoms with E-state index in [9.17, 15) is 4.79 Å². The SMILES string of the molecule is CCCCCC[C@@H]1CC(=O)[C@H]2CCCC[C@]23C[C@@H](Cl)CN13. The molecule has 0 aromatic rings. The van der Waals surface area contributed by atoms with Gasteiger partial charge in [0.05, 0.1) is 0 Å². The van der Waals surface area contributed by atoms with Gasteiger partial charge in [-0.2, -0.15) is 0 Å². The van der Waals surface area contributed by atoms with Crippen LogP contribution in [0, 0.1) is 5.92 Å². The number of ketones is 1. The molecule has 3 aliphatic rings. The van der Waals surface area contributed by atoms with Gasteiger partial charge in [0, 0.05) is 35.8 Å². The van der Waals surface area contributed by atoms with E-state index in [1.807, 2.05) is 0 Å². The van der Waals surface area contributed by atoms with Gasteiger partial charge in [-0.1, -0.05) is 45.4 Å². The van der Waals surface area contributed by atoms with Crippen LogP contribution in [0.2, 0.25) is 0 Å². The van der Waals surface area contributed by atoms with Crippen molar-refractivity contribution in [3.8, 4) is 0 Å². The van der Waals surface area contributed by atoms with E-state index < -0.39 is 0 Å². The summed E-state index contributed by atoms with van der Waals surface area (Å²) in [4.78, 5) is 15.4. The minimum atomic E-state index is 0.148. The number of hydrogen-bond acceptors (Lipinski definition) is 2. The first-order chi connectivity index (χ1) is 10.2. The van der Waals surface area contributed by atoms with E-state index in [4.69, 9.17) is 11.6 Å². The summed E-state index contributed by atoms with van der Waals surface area (Å²) in [5.41, 5.74) is 0.148. The Balaban J connectivity index is 1.73. The molecule has 0 aromatic carbocycles. The normalized spacial score (nSPS) is 40.1. The summed E-state index contributed by atoms with van der Waals surface area (Å²) in [6, 6.07) is 0.479. The quantitative estimate of drug-likeness (QED) is 0.549. The van der Waals surface area contributed by atoms with Crippen molar-refractivity contribution < 1.29 is 4.79 Å². The molecule has 2 saturated heterocycles. The number of nitrogens with zero attached hydrogens (tertiary/aromatic N) is 1. The molecule has 0 aromatic heterocycles. The number of carbonyl (C=O) groups is 1. The van der Waals surface area contributed by atoms with Gasteiger partial charge in [0.1, 0.15) is 5.78 Å². The van der Waals surface area contributed by atoms with Crippen LogP contribution in [0.4, 0.5) is 0 Å². The van der Waals surface area contributed by atoms with Gasteiger partial charge in [0.15, 0.2) is 0 Å². The third-order valence-electron chi connectivity index (χ3n) is 6.20. The molecular formula is C18H30ClNO. The first-order valence-electron chi connectivity index (χ1n) is 9.11. The highest BCUT2D eigenvalue weighted by molar-refractivity contribution is 6.21. The van der Waals surface area contributed by atoms with Gasteiger partial charge in [-0.05, 0) is 25.7 Å². The second-order valence-electron chi connectivity index (χ2n) is 7.53. The van der Waals surface area contributed by atoms with Crippen LogP contribution in [0.3, 0.4) is 0 Å². The van der Waals surface area contributed by atoms with E-state index in [1.54, 1.807) is 0 Å². The maximum atomic E-state index is 12.7. The first kappa shape index (κ1) is 15.8. The van der Waals surface area contributed by atoms with Gasteiger partial charge < -0.3 is 0 Å². The Hall–Kier alpha value is -0.0800. The van der Waals surface area contributed by atoms with Gasteiger partial charge in [-0.25, -0.2) is 0 Å². The van der Waals surface area contributed by atoms with Crippen molar-refractivity contribution in [3.63, 3.8) is 0 Å². The molecule has 0 bridgehead atoms. The number of alkyl halides is 1. The smallest absolute Gasteiger partial charge is 0.139 e. The fourth-order valence-electron chi connectivity index (χ4n) is 5.29. The van der Waals surface area contributed by atoms with Crippen LogP contribution in [0.1, 0.15) is 77.6 Å². The summed E-state index contributed by atoms with van der Waals surface area (Å²) in [6.45, 7) is 3.27. The molecule has 1 aliphatic carbocycles. The lowest BCUT2D eigenvalue weighted by Crippen LogP contribution is -2.62. The molecule has 1 spiro atoms. The summed E-state index contributed by atoms with van der Waals surface area (Å²) in [5.74, 6) is 0.846. The van der Waals surface area contributed by atoms with Crippen LogP contribution in [-0.2, 0) is 4.79 Å². The molecule has 3 fully saturated rings. The van der Waals surface area contributed by atoms with Crippen molar-refractivity contribution in [2.24, 2.45) is 5.92 Å². The molecule has 0 amide bonds. The number of unbranched alkanes of at least 4 members (excludes halogenated alkanes) is 3. The summed E-state index contributed by atoms with van der Waals surface area (Å²) in [7, 11) is 0. The van der Waals surface area contributed by atoms with Crippen molar-refractivity contribution in [2.75, 3.05) is 6.54 Å². The van der Waals surface area contributed by atoms with Crippen LogP contribution < -0.4 is 0 Å². The zero-order valence-electron chi connectivity index (χ0n) is 13.5. The monoisotopic (exact) mass is 311 g/mol. The van der Waals surface area contributed by atoms with E-state index in [-0.39, 0.29) is 10.9 Å². The largest absolute Gasteiger partial charge is 0.299 e. The molecule has 21 heavy (non-hydrogen) atoms. The molecule has 2 nitrogen and oxygen atoms in total. The maximum Gasteiger partial charge on any atom is 0.139 e. The second kappa shape index (κ2) is 6.58. The predicted octanol–water partition coefficient (Wildman–Crippen LogP) is 4.54. The Morgan fingerprint density at radius 3 is 2.95 bits per heavy atom. The van der Waals surface area contributed by atoms with Crippen molar-refractivity contribution in [3.05, 3.63) is 0 Å². The van der Waals surface area contributed by atoms with Crippen molar-refractivity contribution in [2.45, 2.75) is 94.5 Å². The number of piperidine rings is 1. The van der Waals surface area contributed by atoms with E-state index >= 15 is 0 Å². The molecule has 120 valence electrons. The fraction of sp³-hybridized carbons (Fsp3) is 0.944. The summed E-state index contributed by atoms with van der Waals surface area (Å²) >= 11 is 6.55. The Labute approximate surface area is 134 Å². The average molecular weight is 312 g/mol. The highest BCUT2D eigenvalue weighted by Crippen LogP contribution is 2.51. The van der Waals surface area contributed by atoms with Crippen LogP contribution in [0.15, 0.2) is 0 Å². The molecule has 4 atom stereocenters. The topological polar surface area (TPSA) is 20.3 Å². The molecule has 3 heteroatoms. The molecular weight excluding hydrogens is 282 g/mol. The standard InChI is InChI=1S/C18H30ClNO/c1-2-3-4-5-8-15-11-17(21)16-9-6-7-10-18(16)12-14(19)13-20(15)18/h14-16H,2-13H2,1H3/t14-,15-,16-,18+/m1/s1. The Bertz CT molecular complexity index is 385. The summed E-state index contributed by atoms with van der Waals surface area (Å²) in [5, 5.41) is 0.259. The average Bonchev–Trinajstić information content (AvgIpc) is 2.80. The molecule has 0 radical (unpaired) electrons. The van der Waals surface area contributed by atoms with E-state index in [0.717, 1.165) is 25.8 Å². The van der Waals surface area contributed by atoms with Gasteiger partial charge in [0.25, 0.3) is 0 Å². The zero-order valence-corrected chi connectivity index (χ0v) is 14.2. The third-order valence-corrected chi connectivity index (χ3v) is 6.49. The molecule has 2 aliphatic heterocycles. The van der Waals surface area contributed by atoms with Gasteiger partial charge in [-0.3, -0.25) is 9.69 Å². The summed E-state index contributed by atoms with van der Waals surface area (Å²) in [6.07, 6.45) is 13.1. The molecule has 2 heterocycles. The van der Waals surface area contributed by atoms with Crippen molar-refractivity contribution in [1.29, 1.82) is 0 Å². The highest BCUT2D eigenvalue weighted by atomic mass is 35.5. The van der Waals surface area contributed by atoms with Gasteiger partial charge in [0.2, 0.25) is 0 Å². The number of carbonyl (C=O) groups excluding carboxylic acids is 1. The fourth-order valence-corrected chi connectivity index (χ4v) is 5.71. The van der Waals surface area contributed by atoms with E-state index in [0.29, 0.717) is 17.7 Å². The van der Waals surface area contributed by atoms with Crippen molar-refractivity contribution >= 4 is 17.4 Å². The second-order valence-corrected chi connectivity index (χ2v) is 8.15. The lowest BCUT2D eigenvalue weighted by Gasteiger charge is -2.53. The Kier molecular flexibility index (Phi) is 4.95. The number of Topliss-reactive ketones (excluding diaryl/α,β-unsaturated/α-hetero) is 1. The lowest BCUT2D eigenvalue weighted by molar-refractivity contribution is -0.140. The molecule has 0 unspecified atom stereocenters. The molecule has 1 saturated carbocycles. The van der Waals surface area contributed by atoms with Crippen molar-refractivity contribution in [1.82, 2.24) is 4.90 Å². The predicted molar refractivity (Wildman–Crippen MR) is 87.8 cm³/mol. The van der Waals surface area contributed by atoms with E-state index in [2.05, 4.69) is 11.8 Å². The lowest BCUT2D eigenvalue weighted by atomic mass is 9.65. The van der Waals surface area contributed by atoms with Crippen LogP contribution >= 0.6 is 11.6 Å².